The number of nitrogens with zero attached hydrogens (tertiary/aromatic N) is 4. The maximum atomic E-state index is 12.3. The molecule has 0 amide bonds. The molecule has 110 valence electrons. The summed E-state index contributed by atoms with van der Waals surface area (Å²) in [5, 5.41) is 0. The second kappa shape index (κ2) is 5.75. The molecule has 6 nitrogen and oxygen atoms in total. The number of halogens is 1. The van der Waals surface area contributed by atoms with Crippen LogP contribution in [0.3, 0.4) is 0 Å². The predicted octanol–water partition coefficient (Wildman–Crippen LogP) is 1.30. The van der Waals surface area contributed by atoms with Gasteiger partial charge in [0.05, 0.1) is 18.7 Å². The molecule has 0 fully saturated rings. The van der Waals surface area contributed by atoms with Gasteiger partial charge >= 0.3 is 5.69 Å². The lowest BCUT2D eigenvalue weighted by atomic mass is 10.2. The minimum Gasteiger partial charge on any atom is -0.327 e. The van der Waals surface area contributed by atoms with Gasteiger partial charge in [-0.25, -0.2) is 14.3 Å². The zero-order valence-electron chi connectivity index (χ0n) is 11.2. The van der Waals surface area contributed by atoms with E-state index in [-0.39, 0.29) is 6.54 Å². The molecular formula is C14H9ClN4O2S. The maximum Gasteiger partial charge on any atom is 0.353 e. The van der Waals surface area contributed by atoms with Crippen LogP contribution in [-0.4, -0.2) is 19.1 Å². The molecule has 0 bridgehead atoms. The van der Waals surface area contributed by atoms with Crippen molar-refractivity contribution >= 4 is 22.9 Å². The highest BCUT2D eigenvalue weighted by Gasteiger charge is 2.16. The van der Waals surface area contributed by atoms with E-state index < -0.39 is 11.2 Å². The second-order valence-corrected chi connectivity index (χ2v) is 6.14. The number of fused-ring (bicyclic) bond motifs is 1. The van der Waals surface area contributed by atoms with Crippen LogP contribution in [0, 0.1) is 12.3 Å². The molecule has 0 spiro atoms. The van der Waals surface area contributed by atoms with Gasteiger partial charge in [-0.15, -0.1) is 17.8 Å². The lowest BCUT2D eigenvalue weighted by Gasteiger charge is -2.13. The third-order valence-corrected chi connectivity index (χ3v) is 4.15. The fourth-order valence-corrected chi connectivity index (χ4v) is 3.08. The van der Waals surface area contributed by atoms with E-state index >= 15 is 0 Å². The summed E-state index contributed by atoms with van der Waals surface area (Å²) in [7, 11) is 0. The lowest BCUT2D eigenvalue weighted by Crippen LogP contribution is -2.37. The van der Waals surface area contributed by atoms with Crippen molar-refractivity contribution in [1.29, 1.82) is 0 Å². The van der Waals surface area contributed by atoms with Gasteiger partial charge in [0.1, 0.15) is 0 Å². The summed E-state index contributed by atoms with van der Waals surface area (Å²) in [6, 6.07) is 3.34. The quantitative estimate of drug-likeness (QED) is 0.678. The summed E-state index contributed by atoms with van der Waals surface area (Å²) in [5.41, 5.74) is -0.754. The van der Waals surface area contributed by atoms with Crippen LogP contribution in [-0.2, 0) is 13.1 Å². The monoisotopic (exact) mass is 332 g/mol. The molecule has 0 N–H and O–H groups in total. The number of terminal acetylenes is 1. The van der Waals surface area contributed by atoms with Crippen molar-refractivity contribution in [2.45, 2.75) is 13.1 Å². The molecule has 3 heterocycles. The number of thiazole rings is 1. The van der Waals surface area contributed by atoms with Crippen molar-refractivity contribution in [2.75, 3.05) is 0 Å². The molecule has 2 aliphatic rings. The van der Waals surface area contributed by atoms with E-state index in [1.165, 1.54) is 11.3 Å². The van der Waals surface area contributed by atoms with Gasteiger partial charge in [-0.3, -0.25) is 4.79 Å². The van der Waals surface area contributed by atoms with Crippen LogP contribution in [0.4, 0.5) is 0 Å². The zero-order chi connectivity index (χ0) is 15.7. The molecule has 1 aromatic rings. The highest BCUT2D eigenvalue weighted by Crippen LogP contribution is 2.21. The van der Waals surface area contributed by atoms with E-state index in [9.17, 15) is 9.59 Å². The summed E-state index contributed by atoms with van der Waals surface area (Å²) < 4.78 is 3.09. The standard InChI is InChI=1S/C14H9ClN4O2S/c1-2-5-19-12(20)10-4-3-6-18(11(10)17-14(19)21)8-9-7-16-13(15)22-9/h1,3-4,6-7H,5,8H2. The van der Waals surface area contributed by atoms with Crippen LogP contribution < -0.4 is 11.2 Å². The third-order valence-electron chi connectivity index (χ3n) is 3.05. The van der Waals surface area contributed by atoms with Crippen LogP contribution in [0.15, 0.2) is 34.1 Å². The van der Waals surface area contributed by atoms with E-state index in [4.69, 9.17) is 18.0 Å². The first-order valence-corrected chi connectivity index (χ1v) is 7.43. The Bertz CT molecular complexity index is 966. The van der Waals surface area contributed by atoms with Crippen LogP contribution in [0.2, 0.25) is 4.47 Å². The molecule has 1 aromatic heterocycles. The van der Waals surface area contributed by atoms with Crippen LogP contribution in [0.1, 0.15) is 4.88 Å². The first-order valence-electron chi connectivity index (χ1n) is 6.24. The van der Waals surface area contributed by atoms with Gasteiger partial charge in [-0.1, -0.05) is 17.5 Å². The van der Waals surface area contributed by atoms with Gasteiger partial charge in [0, 0.05) is 17.3 Å². The minimum atomic E-state index is -0.655. The Morgan fingerprint density at radius 1 is 1.41 bits per heavy atom. The average Bonchev–Trinajstić information content (AvgIpc) is 2.90. The van der Waals surface area contributed by atoms with E-state index in [2.05, 4.69) is 15.9 Å². The number of aromatic nitrogens is 4. The molecule has 0 saturated heterocycles. The number of pyridine rings is 1. The average molecular weight is 333 g/mol. The molecule has 0 unspecified atom stereocenters. The first kappa shape index (κ1) is 14.5. The van der Waals surface area contributed by atoms with Gasteiger partial charge in [0.25, 0.3) is 5.56 Å². The van der Waals surface area contributed by atoms with Crippen molar-refractivity contribution in [3.05, 3.63) is 54.7 Å². The Morgan fingerprint density at radius 3 is 2.91 bits per heavy atom. The van der Waals surface area contributed by atoms with Crippen molar-refractivity contribution < 1.29 is 0 Å². The highest BCUT2D eigenvalue weighted by molar-refractivity contribution is 7.15. The number of rotatable bonds is 3. The smallest absolute Gasteiger partial charge is 0.327 e. The van der Waals surface area contributed by atoms with E-state index in [1.54, 1.807) is 29.1 Å². The SMILES string of the molecule is C#CCn1c(=O)nc2n(Cc3cnc(Cl)s3)cccc-2c1=O. The van der Waals surface area contributed by atoms with Crippen molar-refractivity contribution in [2.24, 2.45) is 0 Å². The van der Waals surface area contributed by atoms with Gasteiger partial charge < -0.3 is 4.57 Å². The fourth-order valence-electron chi connectivity index (χ4n) is 2.10. The van der Waals surface area contributed by atoms with Gasteiger partial charge in [-0.05, 0) is 12.1 Å². The third kappa shape index (κ3) is 2.54. The maximum absolute atomic E-state index is 12.3. The molecule has 0 saturated carbocycles. The van der Waals surface area contributed by atoms with Gasteiger partial charge in [0.2, 0.25) is 0 Å². The van der Waals surface area contributed by atoms with Crippen molar-refractivity contribution in [1.82, 2.24) is 19.1 Å². The van der Waals surface area contributed by atoms with E-state index in [0.717, 1.165) is 9.44 Å². The largest absolute Gasteiger partial charge is 0.353 e. The second-order valence-electron chi connectivity index (χ2n) is 4.44. The molecule has 0 radical (unpaired) electrons. The Kier molecular flexibility index (Phi) is 3.79. The Labute approximate surface area is 134 Å². The van der Waals surface area contributed by atoms with Crippen LogP contribution in [0.25, 0.3) is 11.4 Å². The Hall–Kier alpha value is -2.43. The molecule has 0 aromatic carbocycles. The summed E-state index contributed by atoms with van der Waals surface area (Å²) in [6.07, 6.45) is 8.57. The summed E-state index contributed by atoms with van der Waals surface area (Å²) in [4.78, 5) is 33.1. The zero-order valence-corrected chi connectivity index (χ0v) is 12.8. The Balaban J connectivity index is 2.15. The molecule has 3 rings (SSSR count). The molecule has 0 aliphatic carbocycles. The van der Waals surface area contributed by atoms with Gasteiger partial charge in [0.15, 0.2) is 10.3 Å². The number of hydrogen-bond acceptors (Lipinski definition) is 5. The highest BCUT2D eigenvalue weighted by atomic mass is 35.5. The fraction of sp³-hybridized carbons (Fsp3) is 0.143. The molecule has 22 heavy (non-hydrogen) atoms. The topological polar surface area (TPSA) is 69.8 Å². The normalized spacial score (nSPS) is 10.7. The molecule has 8 heteroatoms. The van der Waals surface area contributed by atoms with Crippen molar-refractivity contribution in [3.63, 3.8) is 0 Å². The van der Waals surface area contributed by atoms with E-state index in [1.807, 2.05) is 0 Å². The van der Waals surface area contributed by atoms with Crippen molar-refractivity contribution in [3.8, 4) is 23.7 Å². The predicted molar refractivity (Wildman–Crippen MR) is 84.4 cm³/mol. The van der Waals surface area contributed by atoms with E-state index in [0.29, 0.717) is 22.4 Å². The van der Waals surface area contributed by atoms with Crippen LogP contribution >= 0.6 is 22.9 Å². The Morgan fingerprint density at radius 2 is 2.23 bits per heavy atom. The number of hydrogen-bond donors (Lipinski definition) is 0. The summed E-state index contributed by atoms with van der Waals surface area (Å²) >= 11 is 7.14. The first-order chi connectivity index (χ1) is 10.6. The minimum absolute atomic E-state index is 0.0973. The molecule has 0 atom stereocenters. The molecular weight excluding hydrogens is 324 g/mol. The summed E-state index contributed by atoms with van der Waals surface area (Å²) in [6.45, 7) is 0.326. The van der Waals surface area contributed by atoms with Crippen LogP contribution in [0.5, 0.6) is 0 Å². The summed E-state index contributed by atoms with van der Waals surface area (Å²) in [5.74, 6) is 2.60. The molecule has 2 aliphatic heterocycles. The lowest BCUT2D eigenvalue weighted by molar-refractivity contribution is 0.699. The van der Waals surface area contributed by atoms with Gasteiger partial charge in [-0.2, -0.15) is 4.98 Å².